The standard InChI is InChI=1S/C26H26N6O3/c27-23-21-22(17-7-9-20(10-8-17)35-19-5-2-1-3-6-19)30-32(24(21)29-16-28-23)18-13-26(14-18)11-4-12-31(15-26)25(33)34/h1-3,5-10,16,18H,4,11-15H2,(H,33,34)(H2,27,28,29). The number of nitrogen functional groups attached to an aromatic ring is 1. The first-order valence-electron chi connectivity index (χ1n) is 11.8. The number of para-hydroxylation sites is 1. The number of hydrogen-bond acceptors (Lipinski definition) is 6. The van der Waals surface area contributed by atoms with Crippen molar-refractivity contribution < 1.29 is 14.6 Å². The van der Waals surface area contributed by atoms with Gasteiger partial charge >= 0.3 is 6.09 Å². The van der Waals surface area contributed by atoms with Crippen LogP contribution in [-0.4, -0.2) is 48.9 Å². The molecule has 1 saturated heterocycles. The second kappa shape index (κ2) is 8.26. The molecule has 6 rings (SSSR count). The number of hydrogen-bond donors (Lipinski definition) is 2. The van der Waals surface area contributed by atoms with E-state index in [0.29, 0.717) is 24.6 Å². The third-order valence-corrected chi connectivity index (χ3v) is 7.24. The Bertz CT molecular complexity index is 1380. The fraction of sp³-hybridized carbons (Fsp3) is 0.308. The van der Waals surface area contributed by atoms with E-state index in [2.05, 4.69) is 9.97 Å². The Hall–Kier alpha value is -4.14. The number of aromatic nitrogens is 4. The number of anilines is 1. The van der Waals surface area contributed by atoms with Gasteiger partial charge < -0.3 is 20.5 Å². The molecule has 4 aromatic rings. The second-order valence-corrected chi connectivity index (χ2v) is 9.56. The number of carboxylic acid groups (broad SMARTS) is 1. The fourth-order valence-electron chi connectivity index (χ4n) is 5.57. The first kappa shape index (κ1) is 21.4. The summed E-state index contributed by atoms with van der Waals surface area (Å²) in [5.41, 5.74) is 8.66. The predicted molar refractivity (Wildman–Crippen MR) is 131 cm³/mol. The number of rotatable bonds is 4. The van der Waals surface area contributed by atoms with E-state index in [9.17, 15) is 9.90 Å². The molecule has 0 radical (unpaired) electrons. The van der Waals surface area contributed by atoms with Gasteiger partial charge in [0.2, 0.25) is 0 Å². The first-order valence-corrected chi connectivity index (χ1v) is 11.8. The van der Waals surface area contributed by atoms with Gasteiger partial charge in [-0.2, -0.15) is 5.10 Å². The molecule has 1 saturated carbocycles. The van der Waals surface area contributed by atoms with Crippen LogP contribution in [0.15, 0.2) is 60.9 Å². The quantitative estimate of drug-likeness (QED) is 0.432. The molecule has 2 aliphatic rings. The Labute approximate surface area is 202 Å². The molecule has 0 bridgehead atoms. The van der Waals surface area contributed by atoms with Crippen molar-refractivity contribution in [3.63, 3.8) is 0 Å². The summed E-state index contributed by atoms with van der Waals surface area (Å²) in [6.07, 6.45) is 4.33. The molecular formula is C26H26N6O3. The summed E-state index contributed by atoms with van der Waals surface area (Å²) in [5, 5.41) is 15.1. The monoisotopic (exact) mass is 470 g/mol. The zero-order valence-corrected chi connectivity index (χ0v) is 19.2. The summed E-state index contributed by atoms with van der Waals surface area (Å²) in [5.74, 6) is 1.90. The van der Waals surface area contributed by atoms with Crippen LogP contribution in [0.2, 0.25) is 0 Å². The van der Waals surface area contributed by atoms with Crippen molar-refractivity contribution in [2.24, 2.45) is 5.41 Å². The van der Waals surface area contributed by atoms with E-state index in [0.717, 1.165) is 53.8 Å². The van der Waals surface area contributed by atoms with Crippen molar-refractivity contribution in [3.8, 4) is 22.8 Å². The van der Waals surface area contributed by atoms with Gasteiger partial charge in [-0.05, 0) is 67.5 Å². The molecule has 35 heavy (non-hydrogen) atoms. The molecule has 0 unspecified atom stereocenters. The van der Waals surface area contributed by atoms with Crippen molar-refractivity contribution >= 4 is 22.9 Å². The van der Waals surface area contributed by atoms with Crippen LogP contribution in [0.4, 0.5) is 10.6 Å². The minimum Gasteiger partial charge on any atom is -0.465 e. The van der Waals surface area contributed by atoms with Crippen LogP contribution in [-0.2, 0) is 0 Å². The number of amides is 1. The number of nitrogens with two attached hydrogens (primary N) is 1. The molecule has 9 heteroatoms. The smallest absolute Gasteiger partial charge is 0.407 e. The van der Waals surface area contributed by atoms with Crippen molar-refractivity contribution in [1.82, 2.24) is 24.6 Å². The van der Waals surface area contributed by atoms with Gasteiger partial charge in [0.1, 0.15) is 29.3 Å². The van der Waals surface area contributed by atoms with Crippen LogP contribution >= 0.6 is 0 Å². The number of nitrogens with zero attached hydrogens (tertiary/aromatic N) is 5. The molecule has 1 aliphatic carbocycles. The molecule has 178 valence electrons. The third kappa shape index (κ3) is 3.82. The molecule has 3 N–H and O–H groups in total. The van der Waals surface area contributed by atoms with Crippen LogP contribution in [0, 0.1) is 5.41 Å². The normalized spacial score (nSPS) is 21.7. The summed E-state index contributed by atoms with van der Waals surface area (Å²) < 4.78 is 7.88. The number of piperidine rings is 1. The Kier molecular flexibility index (Phi) is 5.05. The van der Waals surface area contributed by atoms with Gasteiger partial charge in [-0.15, -0.1) is 0 Å². The van der Waals surface area contributed by atoms with E-state index in [1.165, 1.54) is 6.33 Å². The largest absolute Gasteiger partial charge is 0.465 e. The lowest BCUT2D eigenvalue weighted by atomic mass is 9.61. The van der Waals surface area contributed by atoms with Gasteiger partial charge in [0.25, 0.3) is 0 Å². The van der Waals surface area contributed by atoms with Gasteiger partial charge in [-0.25, -0.2) is 19.4 Å². The highest BCUT2D eigenvalue weighted by molar-refractivity contribution is 5.98. The molecule has 2 fully saturated rings. The van der Waals surface area contributed by atoms with E-state index < -0.39 is 6.09 Å². The van der Waals surface area contributed by atoms with Crippen LogP contribution in [0.3, 0.4) is 0 Å². The molecule has 2 aromatic carbocycles. The third-order valence-electron chi connectivity index (χ3n) is 7.24. The van der Waals surface area contributed by atoms with E-state index in [1.54, 1.807) is 4.90 Å². The van der Waals surface area contributed by atoms with Crippen molar-refractivity contribution in [2.75, 3.05) is 18.8 Å². The van der Waals surface area contributed by atoms with Crippen LogP contribution in [0.5, 0.6) is 11.5 Å². The van der Waals surface area contributed by atoms with Gasteiger partial charge in [0.15, 0.2) is 5.65 Å². The fourth-order valence-corrected chi connectivity index (χ4v) is 5.57. The number of carbonyl (C=O) groups is 1. The maximum Gasteiger partial charge on any atom is 0.407 e. The van der Waals surface area contributed by atoms with Gasteiger partial charge in [-0.3, -0.25) is 0 Å². The SMILES string of the molecule is Nc1ncnc2c1c(-c1ccc(Oc3ccccc3)cc1)nn2C1CC2(CCCN(C(=O)O)C2)C1. The number of fused-ring (bicyclic) bond motifs is 1. The lowest BCUT2D eigenvalue weighted by Gasteiger charge is -2.52. The van der Waals surface area contributed by atoms with Crippen LogP contribution < -0.4 is 10.5 Å². The topological polar surface area (TPSA) is 119 Å². The summed E-state index contributed by atoms with van der Waals surface area (Å²) in [6.45, 7) is 1.20. The zero-order chi connectivity index (χ0) is 24.0. The van der Waals surface area contributed by atoms with Gasteiger partial charge in [0.05, 0.1) is 11.4 Å². The molecule has 0 atom stereocenters. The second-order valence-electron chi connectivity index (χ2n) is 9.56. The highest BCUT2D eigenvalue weighted by Crippen LogP contribution is 2.54. The lowest BCUT2D eigenvalue weighted by Crippen LogP contribution is -2.52. The summed E-state index contributed by atoms with van der Waals surface area (Å²) in [6, 6.07) is 17.5. The number of ether oxygens (including phenoxy) is 1. The number of benzene rings is 2. The van der Waals surface area contributed by atoms with Crippen LogP contribution in [0.25, 0.3) is 22.3 Å². The average molecular weight is 471 g/mol. The van der Waals surface area contributed by atoms with Gasteiger partial charge in [0, 0.05) is 18.7 Å². The number of likely N-dealkylation sites (tertiary alicyclic amines) is 1. The van der Waals surface area contributed by atoms with Gasteiger partial charge in [-0.1, -0.05) is 18.2 Å². The van der Waals surface area contributed by atoms with Crippen LogP contribution in [0.1, 0.15) is 31.7 Å². The van der Waals surface area contributed by atoms with E-state index >= 15 is 0 Å². The maximum atomic E-state index is 11.5. The Morgan fingerprint density at radius 3 is 2.54 bits per heavy atom. The highest BCUT2D eigenvalue weighted by Gasteiger charge is 2.49. The molecule has 3 heterocycles. The molecular weight excluding hydrogens is 444 g/mol. The highest BCUT2D eigenvalue weighted by atomic mass is 16.5. The Morgan fingerprint density at radius 1 is 1.06 bits per heavy atom. The summed E-state index contributed by atoms with van der Waals surface area (Å²) in [7, 11) is 0. The molecule has 1 aliphatic heterocycles. The maximum absolute atomic E-state index is 11.5. The predicted octanol–water partition coefficient (Wildman–Crippen LogP) is 4.96. The molecule has 9 nitrogen and oxygen atoms in total. The van der Waals surface area contributed by atoms with E-state index in [4.69, 9.17) is 15.6 Å². The average Bonchev–Trinajstić information content (AvgIpc) is 3.24. The lowest BCUT2D eigenvalue weighted by molar-refractivity contribution is -0.0143. The minimum absolute atomic E-state index is 0.0226. The Morgan fingerprint density at radius 2 is 1.80 bits per heavy atom. The summed E-state index contributed by atoms with van der Waals surface area (Å²) in [4.78, 5) is 21.8. The molecule has 2 aromatic heterocycles. The zero-order valence-electron chi connectivity index (χ0n) is 19.2. The molecule has 1 amide bonds. The van der Waals surface area contributed by atoms with Crippen molar-refractivity contribution in [1.29, 1.82) is 0 Å². The van der Waals surface area contributed by atoms with Crippen molar-refractivity contribution in [2.45, 2.75) is 31.7 Å². The van der Waals surface area contributed by atoms with E-state index in [1.807, 2.05) is 59.3 Å². The molecule has 1 spiro atoms. The first-order chi connectivity index (χ1) is 17.0. The minimum atomic E-state index is -0.834. The summed E-state index contributed by atoms with van der Waals surface area (Å²) >= 11 is 0. The van der Waals surface area contributed by atoms with Crippen molar-refractivity contribution in [3.05, 3.63) is 60.9 Å². The Balaban J connectivity index is 1.29. The van der Waals surface area contributed by atoms with E-state index in [-0.39, 0.29) is 11.5 Å².